The first-order chi connectivity index (χ1) is 14.8. The van der Waals surface area contributed by atoms with Gasteiger partial charge in [0.25, 0.3) is 15.9 Å². The van der Waals surface area contributed by atoms with E-state index in [0.717, 1.165) is 35.7 Å². The fraction of sp³-hybridized carbons (Fsp3) is 0.238. The number of hydrogen-bond acceptors (Lipinski definition) is 5. The number of anilines is 2. The van der Waals surface area contributed by atoms with Gasteiger partial charge in [0.15, 0.2) is 5.13 Å². The van der Waals surface area contributed by atoms with E-state index in [9.17, 15) is 13.2 Å². The van der Waals surface area contributed by atoms with Crippen molar-refractivity contribution in [2.24, 2.45) is 0 Å². The molecule has 1 aliphatic carbocycles. The number of hydrogen-bond donors (Lipinski definition) is 1. The first-order valence-electron chi connectivity index (χ1n) is 9.60. The summed E-state index contributed by atoms with van der Waals surface area (Å²) >= 11 is 13.8. The Morgan fingerprint density at radius 2 is 1.84 bits per heavy atom. The number of aromatic nitrogens is 1. The van der Waals surface area contributed by atoms with Crippen molar-refractivity contribution in [1.29, 1.82) is 0 Å². The number of carbonyl (C=O) groups excluding carboxylic acids is 1. The average molecular weight is 496 g/mol. The van der Waals surface area contributed by atoms with E-state index in [1.165, 1.54) is 41.5 Å². The minimum Gasteiger partial charge on any atom is -0.298 e. The number of aryl methyl sites for hydroxylation is 2. The lowest BCUT2D eigenvalue weighted by Gasteiger charge is -2.21. The van der Waals surface area contributed by atoms with Gasteiger partial charge in [0.05, 0.1) is 31.9 Å². The van der Waals surface area contributed by atoms with Gasteiger partial charge < -0.3 is 0 Å². The third kappa shape index (κ3) is 4.43. The summed E-state index contributed by atoms with van der Waals surface area (Å²) in [4.78, 5) is 18.5. The molecular formula is C21H19Cl2N3O3S2. The van der Waals surface area contributed by atoms with Gasteiger partial charge in [0.2, 0.25) is 0 Å². The molecule has 0 atom stereocenters. The van der Waals surface area contributed by atoms with Crippen LogP contribution in [0.5, 0.6) is 0 Å². The van der Waals surface area contributed by atoms with E-state index in [0.29, 0.717) is 15.8 Å². The number of thiazole rings is 1. The first kappa shape index (κ1) is 22.1. The number of nitrogens with one attached hydrogen (secondary N) is 1. The molecule has 4 rings (SSSR count). The molecule has 1 N–H and O–H groups in total. The Hall–Kier alpha value is -2.13. The Labute approximate surface area is 194 Å². The van der Waals surface area contributed by atoms with Crippen LogP contribution in [0.25, 0.3) is 0 Å². The number of halogens is 2. The number of sulfonamides is 1. The summed E-state index contributed by atoms with van der Waals surface area (Å²) < 4.78 is 27.4. The normalized spacial score (nSPS) is 13.5. The number of fused-ring (bicyclic) bond motifs is 1. The van der Waals surface area contributed by atoms with Crippen LogP contribution in [-0.4, -0.2) is 26.4 Å². The zero-order valence-electron chi connectivity index (χ0n) is 16.6. The highest BCUT2D eigenvalue weighted by Gasteiger charge is 2.25. The zero-order chi connectivity index (χ0) is 22.2. The van der Waals surface area contributed by atoms with Crippen molar-refractivity contribution in [3.63, 3.8) is 0 Å². The summed E-state index contributed by atoms with van der Waals surface area (Å²) in [6.07, 6.45) is 4.08. The molecule has 0 unspecified atom stereocenters. The molecular weight excluding hydrogens is 477 g/mol. The Morgan fingerprint density at radius 3 is 2.58 bits per heavy atom. The highest BCUT2D eigenvalue weighted by Crippen LogP contribution is 2.32. The highest BCUT2D eigenvalue weighted by molar-refractivity contribution is 7.92. The Bertz CT molecular complexity index is 1240. The molecule has 0 spiro atoms. The summed E-state index contributed by atoms with van der Waals surface area (Å²) in [5.74, 6) is -0.506. The maximum absolute atomic E-state index is 13.1. The minimum atomic E-state index is -3.97. The lowest BCUT2D eigenvalue weighted by Crippen LogP contribution is -2.27. The van der Waals surface area contributed by atoms with Gasteiger partial charge in [-0.15, -0.1) is 11.3 Å². The smallest absolute Gasteiger partial charge is 0.264 e. The second-order valence-corrected chi connectivity index (χ2v) is 11.0. The largest absolute Gasteiger partial charge is 0.298 e. The highest BCUT2D eigenvalue weighted by atomic mass is 35.5. The number of carbonyl (C=O) groups is 1. The molecule has 1 amide bonds. The molecule has 2 aromatic carbocycles. The maximum Gasteiger partial charge on any atom is 0.264 e. The Balaban J connectivity index is 1.62. The van der Waals surface area contributed by atoms with E-state index in [1.54, 1.807) is 24.3 Å². The van der Waals surface area contributed by atoms with Gasteiger partial charge >= 0.3 is 0 Å². The molecule has 0 aliphatic heterocycles. The van der Waals surface area contributed by atoms with Crippen LogP contribution in [0.1, 0.15) is 33.8 Å². The lowest BCUT2D eigenvalue weighted by molar-refractivity contribution is 0.102. The van der Waals surface area contributed by atoms with E-state index < -0.39 is 15.9 Å². The fourth-order valence-corrected chi connectivity index (χ4v) is 6.21. The number of amides is 1. The van der Waals surface area contributed by atoms with Gasteiger partial charge in [-0.1, -0.05) is 35.3 Å². The zero-order valence-corrected chi connectivity index (χ0v) is 19.7. The Kier molecular flexibility index (Phi) is 6.25. The summed E-state index contributed by atoms with van der Waals surface area (Å²) in [6.45, 7) is 0. The fourth-order valence-electron chi connectivity index (χ4n) is 3.40. The predicted octanol–water partition coefficient (Wildman–Crippen LogP) is 5.41. The molecule has 0 fully saturated rings. The van der Waals surface area contributed by atoms with Crippen LogP contribution in [0.2, 0.25) is 10.0 Å². The molecule has 1 aromatic heterocycles. The summed E-state index contributed by atoms with van der Waals surface area (Å²) in [5.41, 5.74) is 1.41. The third-order valence-electron chi connectivity index (χ3n) is 5.10. The second-order valence-electron chi connectivity index (χ2n) is 7.12. The van der Waals surface area contributed by atoms with Crippen molar-refractivity contribution >= 4 is 61.3 Å². The van der Waals surface area contributed by atoms with Gasteiger partial charge in [-0.25, -0.2) is 13.4 Å². The standard InChI is InChI=1S/C21H19Cl2N3O3S2/c1-26(18-8-4-2-6-16(18)23)31(28,29)13-10-11-15(22)14(12-13)20(27)25-21-24-17-7-3-5-9-19(17)30-21/h2,4,6,8,10-12H,3,5,7,9H2,1H3,(H,24,25,27). The predicted molar refractivity (Wildman–Crippen MR) is 125 cm³/mol. The average Bonchev–Trinajstić information content (AvgIpc) is 3.16. The molecule has 0 saturated carbocycles. The van der Waals surface area contributed by atoms with Crippen molar-refractivity contribution in [1.82, 2.24) is 4.98 Å². The van der Waals surface area contributed by atoms with Gasteiger partial charge in [-0.05, 0) is 56.0 Å². The molecule has 0 radical (unpaired) electrons. The molecule has 1 aliphatic rings. The quantitative estimate of drug-likeness (QED) is 0.513. The van der Waals surface area contributed by atoms with E-state index in [1.807, 2.05) is 0 Å². The van der Waals surface area contributed by atoms with Gasteiger partial charge in [-0.3, -0.25) is 14.4 Å². The molecule has 162 valence electrons. The van der Waals surface area contributed by atoms with E-state index in [4.69, 9.17) is 23.2 Å². The number of para-hydroxylation sites is 1. The molecule has 1 heterocycles. The topological polar surface area (TPSA) is 79.4 Å². The van der Waals surface area contributed by atoms with Crippen molar-refractivity contribution in [3.05, 3.63) is 68.6 Å². The van der Waals surface area contributed by atoms with Crippen LogP contribution in [0.4, 0.5) is 10.8 Å². The van der Waals surface area contributed by atoms with Crippen molar-refractivity contribution in [2.75, 3.05) is 16.7 Å². The maximum atomic E-state index is 13.1. The molecule has 0 saturated heterocycles. The number of nitrogens with zero attached hydrogens (tertiary/aromatic N) is 2. The summed E-state index contributed by atoms with van der Waals surface area (Å²) in [6, 6.07) is 10.7. The minimum absolute atomic E-state index is 0.0588. The van der Waals surface area contributed by atoms with Gasteiger partial charge in [-0.2, -0.15) is 0 Å². The number of rotatable bonds is 5. The SMILES string of the molecule is CN(c1ccccc1Cl)S(=O)(=O)c1ccc(Cl)c(C(=O)Nc2nc3c(s2)CCCC3)c1. The van der Waals surface area contributed by atoms with Crippen LogP contribution >= 0.6 is 34.5 Å². The molecule has 31 heavy (non-hydrogen) atoms. The summed E-state index contributed by atoms with van der Waals surface area (Å²) in [7, 11) is -2.56. The van der Waals surface area contributed by atoms with Crippen LogP contribution in [0, 0.1) is 0 Å². The lowest BCUT2D eigenvalue weighted by atomic mass is 10.0. The van der Waals surface area contributed by atoms with E-state index in [-0.39, 0.29) is 15.5 Å². The number of benzene rings is 2. The summed E-state index contributed by atoms with van der Waals surface area (Å²) in [5, 5.41) is 3.70. The van der Waals surface area contributed by atoms with Crippen molar-refractivity contribution in [3.8, 4) is 0 Å². The van der Waals surface area contributed by atoms with Gasteiger partial charge in [0, 0.05) is 11.9 Å². The van der Waals surface area contributed by atoms with Crippen molar-refractivity contribution in [2.45, 2.75) is 30.6 Å². The Morgan fingerprint density at radius 1 is 1.10 bits per heavy atom. The van der Waals surface area contributed by atoms with E-state index in [2.05, 4.69) is 10.3 Å². The van der Waals surface area contributed by atoms with Crippen LogP contribution in [-0.2, 0) is 22.9 Å². The van der Waals surface area contributed by atoms with Crippen molar-refractivity contribution < 1.29 is 13.2 Å². The van der Waals surface area contributed by atoms with Crippen LogP contribution < -0.4 is 9.62 Å². The molecule has 10 heteroatoms. The van der Waals surface area contributed by atoms with E-state index >= 15 is 0 Å². The second kappa shape index (κ2) is 8.78. The van der Waals surface area contributed by atoms with Crippen LogP contribution in [0.3, 0.4) is 0 Å². The third-order valence-corrected chi connectivity index (χ3v) is 8.59. The molecule has 0 bridgehead atoms. The van der Waals surface area contributed by atoms with Crippen LogP contribution in [0.15, 0.2) is 47.4 Å². The molecule has 6 nitrogen and oxygen atoms in total. The first-order valence-corrected chi connectivity index (χ1v) is 12.6. The monoisotopic (exact) mass is 495 g/mol. The molecule has 3 aromatic rings. The van der Waals surface area contributed by atoms with Gasteiger partial charge in [0.1, 0.15) is 0 Å².